The van der Waals surface area contributed by atoms with Crippen LogP contribution in [0.15, 0.2) is 18.3 Å². The molecule has 0 unspecified atom stereocenters. The van der Waals surface area contributed by atoms with Gasteiger partial charge in [0.2, 0.25) is 0 Å². The fraction of sp³-hybridized carbons (Fsp3) is 0.571. The first-order chi connectivity index (χ1) is 9.58. The molecule has 1 fully saturated rings. The zero-order valence-corrected chi connectivity index (χ0v) is 12.1. The second kappa shape index (κ2) is 6.67. The lowest BCUT2D eigenvalue weighted by molar-refractivity contribution is 0.0697. The third-order valence-corrected chi connectivity index (χ3v) is 3.55. The van der Waals surface area contributed by atoms with E-state index >= 15 is 0 Å². The number of nitrogens with zero attached hydrogens (tertiary/aromatic N) is 4. The summed E-state index contributed by atoms with van der Waals surface area (Å²) < 4.78 is 0. The molecule has 6 heteroatoms. The van der Waals surface area contributed by atoms with Gasteiger partial charge in [0.05, 0.1) is 0 Å². The summed E-state index contributed by atoms with van der Waals surface area (Å²) in [5.74, 6) is -0.324. The highest BCUT2D eigenvalue weighted by molar-refractivity contribution is 5.93. The van der Waals surface area contributed by atoms with Crippen LogP contribution in [0.25, 0.3) is 0 Å². The zero-order valence-electron chi connectivity index (χ0n) is 12.1. The Kier molecular flexibility index (Phi) is 4.92. The number of aromatic nitrogens is 1. The van der Waals surface area contributed by atoms with E-state index in [0.717, 1.165) is 39.3 Å². The summed E-state index contributed by atoms with van der Waals surface area (Å²) in [7, 11) is 4.15. The van der Waals surface area contributed by atoms with Crippen molar-refractivity contribution in [3.8, 4) is 0 Å². The Hall–Kier alpha value is -1.66. The van der Waals surface area contributed by atoms with Gasteiger partial charge in [-0.25, -0.2) is 9.78 Å². The average molecular weight is 278 g/mol. The topological polar surface area (TPSA) is 59.9 Å². The van der Waals surface area contributed by atoms with Gasteiger partial charge in [0.15, 0.2) is 0 Å². The Bertz CT molecular complexity index is 456. The van der Waals surface area contributed by atoms with Crippen molar-refractivity contribution in [2.75, 3.05) is 58.3 Å². The molecule has 2 heterocycles. The molecular formula is C14H22N4O2. The maximum absolute atomic E-state index is 11.2. The van der Waals surface area contributed by atoms with E-state index in [0.29, 0.717) is 5.82 Å². The Morgan fingerprint density at radius 3 is 2.65 bits per heavy atom. The highest BCUT2D eigenvalue weighted by atomic mass is 16.4. The van der Waals surface area contributed by atoms with E-state index in [9.17, 15) is 9.90 Å². The first kappa shape index (κ1) is 14.7. The van der Waals surface area contributed by atoms with Gasteiger partial charge in [-0.15, -0.1) is 0 Å². The van der Waals surface area contributed by atoms with Crippen LogP contribution in [-0.4, -0.2) is 79.2 Å². The van der Waals surface area contributed by atoms with Crippen molar-refractivity contribution in [2.24, 2.45) is 0 Å². The molecule has 1 aromatic heterocycles. The monoisotopic (exact) mass is 278 g/mol. The molecule has 6 nitrogen and oxygen atoms in total. The fourth-order valence-electron chi connectivity index (χ4n) is 2.34. The number of hydrogen-bond donors (Lipinski definition) is 1. The van der Waals surface area contributed by atoms with Gasteiger partial charge in [0.25, 0.3) is 0 Å². The molecule has 1 aromatic rings. The molecule has 0 atom stereocenters. The van der Waals surface area contributed by atoms with Gasteiger partial charge in [-0.2, -0.15) is 0 Å². The summed E-state index contributed by atoms with van der Waals surface area (Å²) >= 11 is 0. The molecule has 1 aliphatic rings. The van der Waals surface area contributed by atoms with Crippen LogP contribution in [0.2, 0.25) is 0 Å². The fourth-order valence-corrected chi connectivity index (χ4v) is 2.34. The SMILES string of the molecule is CN(C)CCN1CCN(c2ncccc2C(=O)O)CC1. The first-order valence-corrected chi connectivity index (χ1v) is 6.88. The molecule has 0 radical (unpaired) electrons. The lowest BCUT2D eigenvalue weighted by Crippen LogP contribution is -2.48. The van der Waals surface area contributed by atoms with Crippen LogP contribution in [0.4, 0.5) is 5.82 Å². The quantitative estimate of drug-likeness (QED) is 0.844. The Morgan fingerprint density at radius 1 is 1.35 bits per heavy atom. The maximum Gasteiger partial charge on any atom is 0.339 e. The second-order valence-corrected chi connectivity index (χ2v) is 5.31. The molecule has 0 amide bonds. The molecule has 0 saturated carbocycles. The third-order valence-electron chi connectivity index (χ3n) is 3.55. The number of hydrogen-bond acceptors (Lipinski definition) is 5. The lowest BCUT2D eigenvalue weighted by atomic mass is 10.2. The van der Waals surface area contributed by atoms with Crippen LogP contribution in [0.1, 0.15) is 10.4 Å². The van der Waals surface area contributed by atoms with E-state index < -0.39 is 5.97 Å². The average Bonchev–Trinajstić information content (AvgIpc) is 2.45. The predicted molar refractivity (Wildman–Crippen MR) is 78.4 cm³/mol. The molecule has 0 aromatic carbocycles. The summed E-state index contributed by atoms with van der Waals surface area (Å²) in [5, 5.41) is 9.21. The third kappa shape index (κ3) is 3.68. The number of anilines is 1. The van der Waals surface area contributed by atoms with Crippen LogP contribution in [0, 0.1) is 0 Å². The molecule has 0 bridgehead atoms. The molecule has 1 saturated heterocycles. The van der Waals surface area contributed by atoms with E-state index in [2.05, 4.69) is 33.8 Å². The summed E-state index contributed by atoms with van der Waals surface area (Å²) in [4.78, 5) is 22.1. The van der Waals surface area contributed by atoms with Crippen LogP contribution in [0.3, 0.4) is 0 Å². The molecule has 0 spiro atoms. The number of carboxylic acid groups (broad SMARTS) is 1. The summed E-state index contributed by atoms with van der Waals surface area (Å²) in [6.07, 6.45) is 1.65. The van der Waals surface area contributed by atoms with Crippen molar-refractivity contribution >= 4 is 11.8 Å². The number of likely N-dealkylation sites (N-methyl/N-ethyl adjacent to an activating group) is 1. The van der Waals surface area contributed by atoms with Gasteiger partial charge in [0.1, 0.15) is 11.4 Å². The Morgan fingerprint density at radius 2 is 2.05 bits per heavy atom. The first-order valence-electron chi connectivity index (χ1n) is 6.88. The van der Waals surface area contributed by atoms with E-state index in [1.54, 1.807) is 18.3 Å². The minimum atomic E-state index is -0.914. The van der Waals surface area contributed by atoms with Crippen LogP contribution < -0.4 is 4.90 Å². The number of carboxylic acids is 1. The van der Waals surface area contributed by atoms with Crippen molar-refractivity contribution in [2.45, 2.75) is 0 Å². The summed E-state index contributed by atoms with van der Waals surface area (Å²) in [6.45, 7) is 5.64. The van der Waals surface area contributed by atoms with E-state index in [1.165, 1.54) is 0 Å². The Balaban J connectivity index is 1.95. The molecule has 110 valence electrons. The number of aromatic carboxylic acids is 1. The summed E-state index contributed by atoms with van der Waals surface area (Å²) in [6, 6.07) is 3.28. The van der Waals surface area contributed by atoms with E-state index in [4.69, 9.17) is 0 Å². The van der Waals surface area contributed by atoms with Crippen LogP contribution in [-0.2, 0) is 0 Å². The maximum atomic E-state index is 11.2. The van der Waals surface area contributed by atoms with Gasteiger partial charge < -0.3 is 14.9 Å². The van der Waals surface area contributed by atoms with E-state index in [-0.39, 0.29) is 5.56 Å². The second-order valence-electron chi connectivity index (χ2n) is 5.31. The molecule has 0 aliphatic carbocycles. The molecule has 1 N–H and O–H groups in total. The van der Waals surface area contributed by atoms with Gasteiger partial charge in [-0.1, -0.05) is 0 Å². The normalized spacial score (nSPS) is 16.6. The largest absolute Gasteiger partial charge is 0.478 e. The van der Waals surface area contributed by atoms with Crippen LogP contribution in [0.5, 0.6) is 0 Å². The smallest absolute Gasteiger partial charge is 0.339 e. The van der Waals surface area contributed by atoms with Crippen molar-refractivity contribution < 1.29 is 9.90 Å². The standard InChI is InChI=1S/C14H22N4O2/c1-16(2)6-7-17-8-10-18(11-9-17)13-12(14(19)20)4-3-5-15-13/h3-5H,6-11H2,1-2H3,(H,19,20). The van der Waals surface area contributed by atoms with Crippen molar-refractivity contribution in [3.63, 3.8) is 0 Å². The van der Waals surface area contributed by atoms with Gasteiger partial charge in [0, 0.05) is 45.5 Å². The van der Waals surface area contributed by atoms with Gasteiger partial charge >= 0.3 is 5.97 Å². The van der Waals surface area contributed by atoms with Crippen LogP contribution >= 0.6 is 0 Å². The number of pyridine rings is 1. The highest BCUT2D eigenvalue weighted by Crippen LogP contribution is 2.18. The molecule has 20 heavy (non-hydrogen) atoms. The zero-order chi connectivity index (χ0) is 14.5. The predicted octanol–water partition coefficient (Wildman–Crippen LogP) is 0.463. The summed E-state index contributed by atoms with van der Waals surface area (Å²) in [5.41, 5.74) is 0.286. The Labute approximate surface area is 119 Å². The number of rotatable bonds is 5. The van der Waals surface area contributed by atoms with Crippen molar-refractivity contribution in [3.05, 3.63) is 23.9 Å². The van der Waals surface area contributed by atoms with Crippen molar-refractivity contribution in [1.82, 2.24) is 14.8 Å². The molecule has 1 aliphatic heterocycles. The minimum absolute atomic E-state index is 0.286. The number of piperazine rings is 1. The lowest BCUT2D eigenvalue weighted by Gasteiger charge is -2.36. The molecule has 2 rings (SSSR count). The van der Waals surface area contributed by atoms with Gasteiger partial charge in [-0.05, 0) is 26.2 Å². The highest BCUT2D eigenvalue weighted by Gasteiger charge is 2.21. The minimum Gasteiger partial charge on any atom is -0.478 e. The van der Waals surface area contributed by atoms with Gasteiger partial charge in [-0.3, -0.25) is 4.90 Å². The molecular weight excluding hydrogens is 256 g/mol. The van der Waals surface area contributed by atoms with E-state index in [1.807, 2.05) is 0 Å². The van der Waals surface area contributed by atoms with Crippen molar-refractivity contribution in [1.29, 1.82) is 0 Å². The number of carbonyl (C=O) groups is 1.